The van der Waals surface area contributed by atoms with Gasteiger partial charge in [0.05, 0.1) is 13.3 Å². The van der Waals surface area contributed by atoms with Gasteiger partial charge in [-0.15, -0.1) is 0 Å². The topological polar surface area (TPSA) is 83.7 Å². The number of nitrogens with zero attached hydrogens (tertiary/aromatic N) is 2. The van der Waals surface area contributed by atoms with Crippen LogP contribution in [-0.4, -0.2) is 31.4 Å². The highest BCUT2D eigenvalue weighted by Crippen LogP contribution is 2.41. The number of ether oxygens (including phenoxy) is 2. The lowest BCUT2D eigenvalue weighted by molar-refractivity contribution is 0.0594. The first-order valence-corrected chi connectivity index (χ1v) is 16.0. The quantitative estimate of drug-likeness (QED) is 0.148. The Morgan fingerprint density at radius 1 is 0.949 bits per heavy atom. The van der Waals surface area contributed by atoms with Crippen LogP contribution in [0.4, 0.5) is 0 Å². The maximum absolute atomic E-state index is 11.9. The van der Waals surface area contributed by atoms with Gasteiger partial charge in [0.25, 0.3) is 0 Å². The fraction of sp³-hybridized carbons (Fsp3) is 0.323. The standard InChI is InChI=1S/C31H36N2O5Si/c1-31(2,3)39(5,6)38-27(20-17-22-15-18-24(19-16-22)36-23-11-8-7-9-12-23)29-32-21-28(37-29)25-13-10-14-26(33-25)30(34)35-4/h7-16,18-19,21,27H,17,20H2,1-6H3. The zero-order chi connectivity index (χ0) is 28.0. The Balaban J connectivity index is 1.53. The lowest BCUT2D eigenvalue weighted by Gasteiger charge is -2.38. The number of hydrogen-bond donors (Lipinski definition) is 0. The van der Waals surface area contributed by atoms with Crippen LogP contribution in [0.3, 0.4) is 0 Å². The number of pyridine rings is 1. The van der Waals surface area contributed by atoms with Crippen molar-refractivity contribution in [3.05, 3.63) is 96.1 Å². The van der Waals surface area contributed by atoms with Crippen LogP contribution >= 0.6 is 0 Å². The molecule has 0 radical (unpaired) electrons. The van der Waals surface area contributed by atoms with Crippen molar-refractivity contribution < 1.29 is 23.1 Å². The average Bonchev–Trinajstić information content (AvgIpc) is 3.42. The van der Waals surface area contributed by atoms with E-state index in [0.717, 1.165) is 17.9 Å². The van der Waals surface area contributed by atoms with Crippen LogP contribution in [0.25, 0.3) is 11.5 Å². The molecule has 0 fully saturated rings. The average molecular weight is 545 g/mol. The predicted octanol–water partition coefficient (Wildman–Crippen LogP) is 8.01. The van der Waals surface area contributed by atoms with Gasteiger partial charge in [0, 0.05) is 0 Å². The summed E-state index contributed by atoms with van der Waals surface area (Å²) >= 11 is 0. The number of carbonyl (C=O) groups is 1. The number of rotatable bonds is 10. The zero-order valence-electron chi connectivity index (χ0n) is 23.4. The molecule has 0 saturated carbocycles. The number of methoxy groups -OCH3 is 1. The third kappa shape index (κ3) is 7.22. The molecule has 2 aromatic heterocycles. The molecule has 4 rings (SSSR count). The fourth-order valence-electron chi connectivity index (χ4n) is 3.76. The van der Waals surface area contributed by atoms with Gasteiger partial charge < -0.3 is 18.3 Å². The minimum Gasteiger partial charge on any atom is -0.464 e. The van der Waals surface area contributed by atoms with E-state index >= 15 is 0 Å². The van der Waals surface area contributed by atoms with Crippen molar-refractivity contribution in [3.63, 3.8) is 0 Å². The summed E-state index contributed by atoms with van der Waals surface area (Å²) in [7, 11) is -0.808. The van der Waals surface area contributed by atoms with Gasteiger partial charge in [0.15, 0.2) is 14.1 Å². The maximum atomic E-state index is 11.9. The van der Waals surface area contributed by atoms with E-state index < -0.39 is 14.3 Å². The van der Waals surface area contributed by atoms with Gasteiger partial charge in [-0.1, -0.05) is 57.2 Å². The summed E-state index contributed by atoms with van der Waals surface area (Å²) in [4.78, 5) is 20.9. The Morgan fingerprint density at radius 2 is 1.64 bits per heavy atom. The smallest absolute Gasteiger partial charge is 0.356 e. The summed E-state index contributed by atoms with van der Waals surface area (Å²) in [6, 6.07) is 23.0. The third-order valence-electron chi connectivity index (χ3n) is 7.04. The van der Waals surface area contributed by atoms with Crippen molar-refractivity contribution in [1.82, 2.24) is 9.97 Å². The van der Waals surface area contributed by atoms with Gasteiger partial charge in [-0.05, 0) is 72.9 Å². The minimum atomic E-state index is -2.14. The second-order valence-electron chi connectivity index (χ2n) is 10.9. The number of benzene rings is 2. The first kappa shape index (κ1) is 28.3. The van der Waals surface area contributed by atoms with Gasteiger partial charge in [0.1, 0.15) is 29.0 Å². The molecular formula is C31H36N2O5Si. The molecule has 0 bridgehead atoms. The van der Waals surface area contributed by atoms with Crippen molar-refractivity contribution in [2.24, 2.45) is 0 Å². The van der Waals surface area contributed by atoms with Gasteiger partial charge in [-0.2, -0.15) is 0 Å². The minimum absolute atomic E-state index is 0.0213. The maximum Gasteiger partial charge on any atom is 0.356 e. The first-order chi connectivity index (χ1) is 18.6. The lowest BCUT2D eigenvalue weighted by atomic mass is 10.1. The van der Waals surface area contributed by atoms with Crippen molar-refractivity contribution in [3.8, 4) is 23.0 Å². The number of oxazole rings is 1. The fourth-order valence-corrected chi connectivity index (χ4v) is 5.04. The van der Waals surface area contributed by atoms with Crippen molar-refractivity contribution in [1.29, 1.82) is 0 Å². The van der Waals surface area contributed by atoms with Crippen LogP contribution in [0.15, 0.2) is 83.4 Å². The van der Waals surface area contributed by atoms with E-state index in [9.17, 15) is 4.79 Å². The molecule has 0 spiro atoms. The van der Waals surface area contributed by atoms with Gasteiger partial charge >= 0.3 is 5.97 Å². The van der Waals surface area contributed by atoms with Crippen molar-refractivity contribution in [2.75, 3.05) is 7.11 Å². The van der Waals surface area contributed by atoms with E-state index in [1.165, 1.54) is 12.7 Å². The summed E-state index contributed by atoms with van der Waals surface area (Å²) in [5, 5.41) is 0.0213. The zero-order valence-corrected chi connectivity index (χ0v) is 24.4. The van der Waals surface area contributed by atoms with E-state index in [-0.39, 0.29) is 16.8 Å². The van der Waals surface area contributed by atoms with Crippen LogP contribution in [0.1, 0.15) is 55.2 Å². The first-order valence-electron chi connectivity index (χ1n) is 13.1. The van der Waals surface area contributed by atoms with E-state index in [4.69, 9.17) is 18.3 Å². The van der Waals surface area contributed by atoms with Gasteiger partial charge in [-0.25, -0.2) is 14.8 Å². The number of hydrogen-bond acceptors (Lipinski definition) is 7. The SMILES string of the molecule is COC(=O)c1cccc(-c2cnc(C(CCc3ccc(Oc4ccccc4)cc3)O[Si](C)(C)C(C)(C)C)o2)n1. The molecule has 0 saturated heterocycles. The summed E-state index contributed by atoms with van der Waals surface area (Å²) < 4.78 is 23.7. The summed E-state index contributed by atoms with van der Waals surface area (Å²) in [5.74, 6) is 2.07. The number of aromatic nitrogens is 2. The lowest BCUT2D eigenvalue weighted by Crippen LogP contribution is -2.42. The second-order valence-corrected chi connectivity index (χ2v) is 15.7. The molecule has 1 atom stereocenters. The Labute approximate surface area is 231 Å². The number of para-hydroxylation sites is 1. The Morgan fingerprint density at radius 3 is 2.31 bits per heavy atom. The van der Waals surface area contributed by atoms with Crippen LogP contribution in [0, 0.1) is 0 Å². The highest BCUT2D eigenvalue weighted by atomic mass is 28.4. The third-order valence-corrected chi connectivity index (χ3v) is 11.5. The van der Waals surface area contributed by atoms with Crippen LogP contribution < -0.4 is 4.74 Å². The molecule has 2 aromatic carbocycles. The molecule has 39 heavy (non-hydrogen) atoms. The molecule has 1 unspecified atom stereocenters. The Kier molecular flexibility index (Phi) is 8.67. The van der Waals surface area contributed by atoms with Gasteiger partial charge in [0.2, 0.25) is 5.89 Å². The molecule has 0 aliphatic rings. The second kappa shape index (κ2) is 12.0. The summed E-state index contributed by atoms with van der Waals surface area (Å²) in [6.07, 6.45) is 2.78. The van der Waals surface area contributed by atoms with Crippen molar-refractivity contribution >= 4 is 14.3 Å². The normalized spacial score (nSPS) is 12.7. The van der Waals surface area contributed by atoms with E-state index in [1.54, 1.807) is 24.4 Å². The summed E-state index contributed by atoms with van der Waals surface area (Å²) in [6.45, 7) is 11.1. The van der Waals surface area contributed by atoms with Crippen LogP contribution in [0.5, 0.6) is 11.5 Å². The number of carbonyl (C=O) groups excluding carboxylic acids is 1. The Bertz CT molecular complexity index is 1380. The molecule has 0 aliphatic carbocycles. The van der Waals surface area contributed by atoms with E-state index in [1.807, 2.05) is 42.5 Å². The van der Waals surface area contributed by atoms with Gasteiger partial charge in [-0.3, -0.25) is 0 Å². The molecule has 0 amide bonds. The number of esters is 1. The molecule has 0 aliphatic heterocycles. The largest absolute Gasteiger partial charge is 0.464 e. The molecule has 4 aromatic rings. The number of aryl methyl sites for hydroxylation is 1. The molecular weight excluding hydrogens is 508 g/mol. The highest BCUT2D eigenvalue weighted by Gasteiger charge is 2.40. The predicted molar refractivity (Wildman–Crippen MR) is 153 cm³/mol. The Hall–Kier alpha value is -3.75. The monoisotopic (exact) mass is 544 g/mol. The van der Waals surface area contributed by atoms with E-state index in [0.29, 0.717) is 23.8 Å². The van der Waals surface area contributed by atoms with Crippen molar-refractivity contribution in [2.45, 2.75) is 57.8 Å². The molecule has 204 valence electrons. The van der Waals surface area contributed by atoms with E-state index in [2.05, 4.69) is 56.0 Å². The highest BCUT2D eigenvalue weighted by molar-refractivity contribution is 6.74. The molecule has 2 heterocycles. The summed E-state index contributed by atoms with van der Waals surface area (Å²) in [5.41, 5.74) is 1.89. The van der Waals surface area contributed by atoms with Crippen LogP contribution in [-0.2, 0) is 15.6 Å². The molecule has 7 nitrogen and oxygen atoms in total. The molecule has 0 N–H and O–H groups in total. The van der Waals surface area contributed by atoms with Crippen LogP contribution in [0.2, 0.25) is 18.1 Å². The molecule has 8 heteroatoms.